The van der Waals surface area contributed by atoms with Gasteiger partial charge in [-0.1, -0.05) is 0 Å². The van der Waals surface area contributed by atoms with E-state index in [0.29, 0.717) is 5.82 Å². The fourth-order valence-corrected chi connectivity index (χ4v) is 1.15. The maximum absolute atomic E-state index is 5.78. The third-order valence-electron chi connectivity index (χ3n) is 1.94. The van der Waals surface area contributed by atoms with Gasteiger partial charge in [-0.05, 0) is 0 Å². The highest BCUT2D eigenvalue weighted by Gasteiger charge is 2.11. The molecule has 68 valence electrons. The minimum atomic E-state index is 0.594. The van der Waals surface area contributed by atoms with Crippen LogP contribution in [0, 0.1) is 0 Å². The molecule has 0 unspecified atom stereocenters. The monoisotopic (exact) mass is 178 g/mol. The van der Waals surface area contributed by atoms with Crippen LogP contribution in [0.4, 0.5) is 5.82 Å². The predicted molar refractivity (Wildman–Crippen MR) is 47.6 cm³/mol. The quantitative estimate of drug-likeness (QED) is 0.656. The lowest BCUT2D eigenvalue weighted by Gasteiger charge is -1.98. The molecule has 0 bridgehead atoms. The molecule has 13 heavy (non-hydrogen) atoms. The van der Waals surface area contributed by atoms with Crippen LogP contribution in [0.1, 0.15) is 0 Å². The molecule has 0 atom stereocenters. The van der Waals surface area contributed by atoms with Crippen LogP contribution in [0.5, 0.6) is 0 Å². The van der Waals surface area contributed by atoms with Crippen molar-refractivity contribution in [3.63, 3.8) is 0 Å². The van der Waals surface area contributed by atoms with Crippen LogP contribution < -0.4 is 5.73 Å². The lowest BCUT2D eigenvalue weighted by atomic mass is 10.3. The number of nitrogen functional groups attached to an aromatic ring is 1. The van der Waals surface area contributed by atoms with E-state index in [2.05, 4.69) is 15.3 Å². The summed E-state index contributed by atoms with van der Waals surface area (Å²) in [6.45, 7) is 0. The predicted octanol–water partition coefficient (Wildman–Crippen LogP) is -0.202. The second kappa shape index (κ2) is 2.58. The van der Waals surface area contributed by atoms with Crippen molar-refractivity contribution >= 4 is 5.82 Å². The Balaban J connectivity index is 2.59. The van der Waals surface area contributed by atoms with Crippen molar-refractivity contribution in [1.29, 1.82) is 0 Å². The molecular weight excluding hydrogens is 168 g/mol. The van der Waals surface area contributed by atoms with Gasteiger partial charge in [0.25, 0.3) is 0 Å². The van der Waals surface area contributed by atoms with Gasteiger partial charge in [-0.3, -0.25) is 4.68 Å². The molecule has 2 aromatic heterocycles. The van der Waals surface area contributed by atoms with Gasteiger partial charge in [0.15, 0.2) is 5.82 Å². The molecule has 0 aliphatic carbocycles. The van der Waals surface area contributed by atoms with Gasteiger partial charge >= 0.3 is 0 Å². The van der Waals surface area contributed by atoms with Crippen molar-refractivity contribution in [3.8, 4) is 11.4 Å². The average molecular weight is 178 g/mol. The summed E-state index contributed by atoms with van der Waals surface area (Å²) < 4.78 is 3.40. The van der Waals surface area contributed by atoms with Gasteiger partial charge in [-0.15, -0.1) is 10.2 Å². The molecule has 6 nitrogen and oxygen atoms in total. The molecule has 2 aromatic rings. The summed E-state index contributed by atoms with van der Waals surface area (Å²) >= 11 is 0. The Morgan fingerprint density at radius 2 is 2.15 bits per heavy atom. The molecule has 0 aliphatic rings. The first-order chi connectivity index (χ1) is 6.20. The Bertz CT molecular complexity index is 426. The highest BCUT2D eigenvalue weighted by Crippen LogP contribution is 2.21. The molecule has 2 rings (SSSR count). The van der Waals surface area contributed by atoms with E-state index in [1.54, 1.807) is 28.8 Å². The first-order valence-electron chi connectivity index (χ1n) is 3.82. The van der Waals surface area contributed by atoms with E-state index >= 15 is 0 Å². The van der Waals surface area contributed by atoms with Gasteiger partial charge in [-0.25, -0.2) is 0 Å². The minimum absolute atomic E-state index is 0.594. The number of nitrogens with two attached hydrogens (primary N) is 1. The molecule has 2 heterocycles. The van der Waals surface area contributed by atoms with Gasteiger partial charge in [0.05, 0.1) is 11.8 Å². The highest BCUT2D eigenvalue weighted by molar-refractivity contribution is 5.67. The third-order valence-corrected chi connectivity index (χ3v) is 1.94. The second-order valence-electron chi connectivity index (χ2n) is 2.83. The van der Waals surface area contributed by atoms with Crippen molar-refractivity contribution in [2.45, 2.75) is 0 Å². The van der Waals surface area contributed by atoms with E-state index in [1.807, 2.05) is 7.05 Å². The van der Waals surface area contributed by atoms with Crippen LogP contribution in [-0.2, 0) is 14.1 Å². The van der Waals surface area contributed by atoms with Gasteiger partial charge in [0.2, 0.25) is 0 Å². The molecule has 0 aromatic carbocycles. The molecule has 0 radical (unpaired) electrons. The molecule has 0 fully saturated rings. The maximum Gasteiger partial charge on any atom is 0.168 e. The zero-order valence-corrected chi connectivity index (χ0v) is 7.47. The SMILES string of the molecule is Cn1cnnc1-c1cnn(C)c1N. The minimum Gasteiger partial charge on any atom is -0.383 e. The second-order valence-corrected chi connectivity index (χ2v) is 2.83. The Hall–Kier alpha value is -1.85. The number of hydrogen-bond donors (Lipinski definition) is 1. The molecule has 0 amide bonds. The van der Waals surface area contributed by atoms with Crippen LogP contribution in [0.3, 0.4) is 0 Å². The van der Waals surface area contributed by atoms with Crippen molar-refractivity contribution in [3.05, 3.63) is 12.5 Å². The number of hydrogen-bond acceptors (Lipinski definition) is 4. The van der Waals surface area contributed by atoms with Crippen molar-refractivity contribution in [1.82, 2.24) is 24.5 Å². The van der Waals surface area contributed by atoms with E-state index in [-0.39, 0.29) is 0 Å². The Labute approximate surface area is 75.0 Å². The summed E-state index contributed by atoms with van der Waals surface area (Å²) in [7, 11) is 3.65. The first-order valence-corrected chi connectivity index (χ1v) is 3.82. The molecule has 2 N–H and O–H groups in total. The number of nitrogens with zero attached hydrogens (tertiary/aromatic N) is 5. The van der Waals surface area contributed by atoms with Crippen molar-refractivity contribution in [2.75, 3.05) is 5.73 Å². The van der Waals surface area contributed by atoms with E-state index in [0.717, 1.165) is 11.4 Å². The topological polar surface area (TPSA) is 74.5 Å². The molecule has 6 heteroatoms. The van der Waals surface area contributed by atoms with E-state index in [1.165, 1.54) is 0 Å². The fraction of sp³-hybridized carbons (Fsp3) is 0.286. The Kier molecular flexibility index (Phi) is 1.54. The van der Waals surface area contributed by atoms with Gasteiger partial charge in [0.1, 0.15) is 12.1 Å². The third kappa shape index (κ3) is 1.07. The summed E-state index contributed by atoms with van der Waals surface area (Å²) in [4.78, 5) is 0. The van der Waals surface area contributed by atoms with E-state index < -0.39 is 0 Å². The Morgan fingerprint density at radius 3 is 2.62 bits per heavy atom. The molecule has 0 spiro atoms. The average Bonchev–Trinajstić information content (AvgIpc) is 2.62. The lowest BCUT2D eigenvalue weighted by molar-refractivity contribution is 0.779. The van der Waals surface area contributed by atoms with Crippen LogP contribution in [0.15, 0.2) is 12.5 Å². The Morgan fingerprint density at radius 1 is 1.38 bits per heavy atom. The number of anilines is 1. The normalized spacial score (nSPS) is 10.6. The summed E-state index contributed by atoms with van der Waals surface area (Å²) in [5, 5.41) is 11.7. The fourth-order valence-electron chi connectivity index (χ4n) is 1.15. The van der Waals surface area contributed by atoms with Crippen LogP contribution in [0.2, 0.25) is 0 Å². The van der Waals surface area contributed by atoms with Crippen molar-refractivity contribution in [2.24, 2.45) is 14.1 Å². The smallest absolute Gasteiger partial charge is 0.168 e. The zero-order chi connectivity index (χ0) is 9.42. The molecular formula is C7H10N6. The van der Waals surface area contributed by atoms with Crippen LogP contribution >= 0.6 is 0 Å². The summed E-state index contributed by atoms with van der Waals surface area (Å²) in [6, 6.07) is 0. The standard InChI is InChI=1S/C7H10N6/c1-12-4-9-11-7(12)5-3-10-13(2)6(5)8/h3-4H,8H2,1-2H3. The maximum atomic E-state index is 5.78. The van der Waals surface area contributed by atoms with Gasteiger partial charge in [0, 0.05) is 14.1 Å². The van der Waals surface area contributed by atoms with Gasteiger partial charge < -0.3 is 10.3 Å². The van der Waals surface area contributed by atoms with Crippen LogP contribution in [-0.4, -0.2) is 24.5 Å². The highest BCUT2D eigenvalue weighted by atomic mass is 15.3. The summed E-state index contributed by atoms with van der Waals surface area (Å²) in [5.41, 5.74) is 6.59. The molecule has 0 saturated carbocycles. The summed E-state index contributed by atoms with van der Waals surface area (Å²) in [5.74, 6) is 1.32. The molecule has 0 saturated heterocycles. The first kappa shape index (κ1) is 7.78. The molecule has 0 aliphatic heterocycles. The van der Waals surface area contributed by atoms with E-state index in [4.69, 9.17) is 5.73 Å². The van der Waals surface area contributed by atoms with Gasteiger partial charge in [-0.2, -0.15) is 5.10 Å². The summed E-state index contributed by atoms with van der Waals surface area (Å²) in [6.07, 6.45) is 3.31. The van der Waals surface area contributed by atoms with Crippen LogP contribution in [0.25, 0.3) is 11.4 Å². The lowest BCUT2D eigenvalue weighted by Crippen LogP contribution is -1.99. The van der Waals surface area contributed by atoms with E-state index in [9.17, 15) is 0 Å². The zero-order valence-electron chi connectivity index (χ0n) is 7.47. The number of aromatic nitrogens is 5. The van der Waals surface area contributed by atoms with Crippen molar-refractivity contribution < 1.29 is 0 Å². The number of rotatable bonds is 1. The number of aryl methyl sites for hydroxylation is 2. The largest absolute Gasteiger partial charge is 0.383 e.